The first-order chi connectivity index (χ1) is 11.6. The molecule has 0 radical (unpaired) electrons. The number of hydrogen-bond donors (Lipinski definition) is 1. The van der Waals surface area contributed by atoms with Gasteiger partial charge in [-0.15, -0.1) is 0 Å². The zero-order chi connectivity index (χ0) is 16.9. The first kappa shape index (κ1) is 16.3. The molecule has 0 atom stereocenters. The predicted molar refractivity (Wildman–Crippen MR) is 100 cm³/mol. The topological polar surface area (TPSA) is 41.1 Å². The van der Waals surface area contributed by atoms with Crippen LogP contribution in [0.3, 0.4) is 0 Å². The van der Waals surface area contributed by atoms with Crippen LogP contribution >= 0.6 is 11.6 Å². The lowest BCUT2D eigenvalue weighted by Gasteiger charge is -2.22. The molecule has 0 bridgehead atoms. The van der Waals surface area contributed by atoms with Crippen molar-refractivity contribution in [2.24, 2.45) is 0 Å². The Morgan fingerprint density at radius 3 is 2.62 bits per heavy atom. The maximum Gasteiger partial charge on any atom is 0.228 e. The minimum atomic E-state index is 0.418. The molecule has 1 heterocycles. The van der Waals surface area contributed by atoms with E-state index in [4.69, 9.17) is 11.6 Å². The molecule has 0 aliphatic rings. The summed E-state index contributed by atoms with van der Waals surface area (Å²) in [4.78, 5) is 10.6. The van der Waals surface area contributed by atoms with E-state index in [1.54, 1.807) is 12.3 Å². The largest absolute Gasteiger partial charge is 0.370 e. The molecule has 0 fully saturated rings. The quantitative estimate of drug-likeness (QED) is 0.677. The average Bonchev–Trinajstić information content (AvgIpc) is 2.57. The summed E-state index contributed by atoms with van der Waals surface area (Å²) in [6.07, 6.45) is 1.63. The smallest absolute Gasteiger partial charge is 0.228 e. The molecule has 3 rings (SSSR count). The van der Waals surface area contributed by atoms with Crippen LogP contribution in [0.2, 0.25) is 5.15 Å². The maximum atomic E-state index is 5.91. The third kappa shape index (κ3) is 4.03. The maximum absolute atomic E-state index is 5.91. The fourth-order valence-electron chi connectivity index (χ4n) is 2.57. The first-order valence-corrected chi connectivity index (χ1v) is 8.11. The van der Waals surface area contributed by atoms with Crippen LogP contribution < -0.4 is 10.2 Å². The van der Waals surface area contributed by atoms with Gasteiger partial charge in [-0.2, -0.15) is 0 Å². The number of anilines is 3. The molecule has 0 saturated heterocycles. The molecule has 0 spiro atoms. The van der Waals surface area contributed by atoms with Crippen LogP contribution in [0.5, 0.6) is 0 Å². The summed E-state index contributed by atoms with van der Waals surface area (Å²) in [6.45, 7) is 2.95. The minimum Gasteiger partial charge on any atom is -0.370 e. The van der Waals surface area contributed by atoms with Crippen LogP contribution in [0.4, 0.5) is 17.3 Å². The van der Waals surface area contributed by atoms with Gasteiger partial charge in [0.05, 0.1) is 0 Å². The highest BCUT2D eigenvalue weighted by Gasteiger charge is 2.08. The molecule has 0 saturated carbocycles. The van der Waals surface area contributed by atoms with Gasteiger partial charge in [0.15, 0.2) is 0 Å². The predicted octanol–water partition coefficient (Wildman–Crippen LogP) is 4.82. The standard InChI is InChI=1S/C19H19ClN4/c1-14-8-9-16(22-19-21-11-10-18(20)23-19)12-17(14)24(2)13-15-6-4-3-5-7-15/h3-12H,13H2,1-2H3,(H,21,22,23). The number of nitrogens with one attached hydrogen (secondary N) is 1. The highest BCUT2D eigenvalue weighted by Crippen LogP contribution is 2.26. The second kappa shape index (κ2) is 7.32. The van der Waals surface area contributed by atoms with Crippen molar-refractivity contribution in [1.82, 2.24) is 9.97 Å². The van der Waals surface area contributed by atoms with Gasteiger partial charge in [-0.3, -0.25) is 0 Å². The Bertz CT molecular complexity index is 821. The molecule has 0 aliphatic carbocycles. The van der Waals surface area contributed by atoms with Crippen LogP contribution in [-0.2, 0) is 6.54 Å². The van der Waals surface area contributed by atoms with E-state index in [0.29, 0.717) is 11.1 Å². The highest BCUT2D eigenvalue weighted by atomic mass is 35.5. The fraction of sp³-hybridized carbons (Fsp3) is 0.158. The first-order valence-electron chi connectivity index (χ1n) is 7.73. The van der Waals surface area contributed by atoms with Crippen LogP contribution in [0.25, 0.3) is 0 Å². The van der Waals surface area contributed by atoms with Crippen molar-refractivity contribution in [3.8, 4) is 0 Å². The second-order valence-electron chi connectivity index (χ2n) is 5.67. The molecule has 0 unspecified atom stereocenters. The van der Waals surface area contributed by atoms with Gasteiger partial charge in [0, 0.05) is 31.2 Å². The lowest BCUT2D eigenvalue weighted by atomic mass is 10.1. The van der Waals surface area contributed by atoms with E-state index in [-0.39, 0.29) is 0 Å². The molecule has 24 heavy (non-hydrogen) atoms. The van der Waals surface area contributed by atoms with Crippen molar-refractivity contribution < 1.29 is 0 Å². The average molecular weight is 339 g/mol. The van der Waals surface area contributed by atoms with Gasteiger partial charge < -0.3 is 10.2 Å². The van der Waals surface area contributed by atoms with Crippen molar-refractivity contribution in [3.63, 3.8) is 0 Å². The van der Waals surface area contributed by atoms with Crippen molar-refractivity contribution in [2.75, 3.05) is 17.3 Å². The molecule has 0 amide bonds. The normalized spacial score (nSPS) is 10.5. The second-order valence-corrected chi connectivity index (χ2v) is 6.06. The van der Waals surface area contributed by atoms with Gasteiger partial charge in [-0.1, -0.05) is 48.0 Å². The third-order valence-electron chi connectivity index (χ3n) is 3.76. The monoisotopic (exact) mass is 338 g/mol. The molecule has 4 nitrogen and oxygen atoms in total. The number of benzene rings is 2. The summed E-state index contributed by atoms with van der Waals surface area (Å²) < 4.78 is 0. The zero-order valence-electron chi connectivity index (χ0n) is 13.7. The van der Waals surface area contributed by atoms with Gasteiger partial charge in [-0.25, -0.2) is 9.97 Å². The number of aromatic nitrogens is 2. The van der Waals surface area contributed by atoms with E-state index in [2.05, 4.69) is 70.6 Å². The van der Waals surface area contributed by atoms with Crippen LogP contribution in [0.15, 0.2) is 60.8 Å². The van der Waals surface area contributed by atoms with Crippen molar-refractivity contribution in [1.29, 1.82) is 0 Å². The lowest BCUT2D eigenvalue weighted by molar-refractivity contribution is 0.917. The van der Waals surface area contributed by atoms with E-state index < -0.39 is 0 Å². The highest BCUT2D eigenvalue weighted by molar-refractivity contribution is 6.29. The molecule has 0 aliphatic heterocycles. The van der Waals surface area contributed by atoms with Gasteiger partial charge in [0.2, 0.25) is 5.95 Å². The Morgan fingerprint density at radius 1 is 1.08 bits per heavy atom. The summed E-state index contributed by atoms with van der Waals surface area (Å²) in [5.41, 5.74) is 4.57. The van der Waals surface area contributed by atoms with Crippen LogP contribution in [0.1, 0.15) is 11.1 Å². The summed E-state index contributed by atoms with van der Waals surface area (Å²) >= 11 is 5.91. The SMILES string of the molecule is Cc1ccc(Nc2nccc(Cl)n2)cc1N(C)Cc1ccccc1. The molecule has 122 valence electrons. The van der Waals surface area contributed by atoms with Crippen LogP contribution in [-0.4, -0.2) is 17.0 Å². The minimum absolute atomic E-state index is 0.418. The van der Waals surface area contributed by atoms with E-state index in [1.807, 2.05) is 12.1 Å². The van der Waals surface area contributed by atoms with Gasteiger partial charge >= 0.3 is 0 Å². The molecule has 2 aromatic carbocycles. The van der Waals surface area contributed by atoms with Gasteiger partial charge in [0.1, 0.15) is 5.15 Å². The Morgan fingerprint density at radius 2 is 1.88 bits per heavy atom. The van der Waals surface area contributed by atoms with Crippen molar-refractivity contribution in [3.05, 3.63) is 77.1 Å². The number of rotatable bonds is 5. The molecular formula is C19H19ClN4. The summed E-state index contributed by atoms with van der Waals surface area (Å²) in [5.74, 6) is 0.489. The molecule has 5 heteroatoms. The number of aryl methyl sites for hydroxylation is 1. The summed E-state index contributed by atoms with van der Waals surface area (Å²) in [5, 5.41) is 3.62. The Labute approximate surface area is 147 Å². The molecule has 1 N–H and O–H groups in total. The fourth-order valence-corrected chi connectivity index (χ4v) is 2.70. The number of nitrogens with zero attached hydrogens (tertiary/aromatic N) is 3. The Kier molecular flexibility index (Phi) is 4.96. The zero-order valence-corrected chi connectivity index (χ0v) is 14.5. The van der Waals surface area contributed by atoms with Crippen molar-refractivity contribution in [2.45, 2.75) is 13.5 Å². The van der Waals surface area contributed by atoms with Gasteiger partial charge in [-0.05, 0) is 36.2 Å². The van der Waals surface area contributed by atoms with Crippen molar-refractivity contribution >= 4 is 28.9 Å². The molecule has 1 aromatic heterocycles. The van der Waals surface area contributed by atoms with E-state index in [0.717, 1.165) is 17.9 Å². The number of halogens is 1. The molecule has 3 aromatic rings. The summed E-state index contributed by atoms with van der Waals surface area (Å²) in [7, 11) is 2.09. The van der Waals surface area contributed by atoms with E-state index in [1.165, 1.54) is 11.1 Å². The Hall–Kier alpha value is -2.59. The third-order valence-corrected chi connectivity index (χ3v) is 3.97. The number of hydrogen-bond acceptors (Lipinski definition) is 4. The van der Waals surface area contributed by atoms with E-state index >= 15 is 0 Å². The van der Waals surface area contributed by atoms with E-state index in [9.17, 15) is 0 Å². The van der Waals surface area contributed by atoms with Gasteiger partial charge in [0.25, 0.3) is 0 Å². The van der Waals surface area contributed by atoms with Crippen LogP contribution in [0, 0.1) is 6.92 Å². The summed E-state index contributed by atoms with van der Waals surface area (Å²) in [6, 6.07) is 18.3. The Balaban J connectivity index is 1.80. The lowest BCUT2D eigenvalue weighted by Crippen LogP contribution is -2.17. The molecular weight excluding hydrogens is 320 g/mol.